The Balaban J connectivity index is 1.47. The second-order valence-corrected chi connectivity index (χ2v) is 9.64. The first-order valence-corrected chi connectivity index (χ1v) is 12.7. The Hall–Kier alpha value is -3.81. The number of rotatable bonds is 10. The van der Waals surface area contributed by atoms with Crippen molar-refractivity contribution in [1.29, 1.82) is 0 Å². The van der Waals surface area contributed by atoms with E-state index in [-0.39, 0.29) is 29.1 Å². The van der Waals surface area contributed by atoms with Crippen molar-refractivity contribution in [3.8, 4) is 5.75 Å². The van der Waals surface area contributed by atoms with Crippen LogP contribution in [0.4, 0.5) is 0 Å². The lowest BCUT2D eigenvalue weighted by atomic mass is 10.1. The lowest BCUT2D eigenvalue weighted by Gasteiger charge is -2.22. The molecule has 196 valence electrons. The van der Waals surface area contributed by atoms with Gasteiger partial charge in [0.2, 0.25) is 0 Å². The molecule has 0 aliphatic heterocycles. The number of carbonyl (C=O) groups is 2. The maximum atomic E-state index is 13.5. The van der Waals surface area contributed by atoms with Gasteiger partial charge in [0.25, 0.3) is 11.8 Å². The summed E-state index contributed by atoms with van der Waals surface area (Å²) in [6, 6.07) is 21.8. The molecule has 0 fully saturated rings. The number of ether oxygens (including phenoxy) is 1. The van der Waals surface area contributed by atoms with Gasteiger partial charge in [-0.3, -0.25) is 9.59 Å². The van der Waals surface area contributed by atoms with Crippen molar-refractivity contribution >= 4 is 35.0 Å². The van der Waals surface area contributed by atoms with Crippen LogP contribution in [-0.2, 0) is 19.5 Å². The number of benzene rings is 3. The molecule has 0 aliphatic carbocycles. The van der Waals surface area contributed by atoms with Gasteiger partial charge in [-0.2, -0.15) is 0 Å². The molecule has 1 heterocycles. The minimum Gasteiger partial charge on any atom is -0.497 e. The molecule has 38 heavy (non-hydrogen) atoms. The Labute approximate surface area is 231 Å². The Kier molecular flexibility index (Phi) is 9.05. The quantitative estimate of drug-likeness (QED) is 0.257. The summed E-state index contributed by atoms with van der Waals surface area (Å²) in [6.45, 7) is 2.85. The topological polar surface area (TPSA) is 84.7 Å². The Morgan fingerprint density at radius 3 is 2.37 bits per heavy atom. The number of amides is 2. The number of aryl methyl sites for hydroxylation is 1. The van der Waals surface area contributed by atoms with Crippen LogP contribution in [0.15, 0.2) is 77.3 Å². The third-order valence-electron chi connectivity index (χ3n) is 5.99. The predicted molar refractivity (Wildman–Crippen MR) is 147 cm³/mol. The number of carbonyl (C=O) groups excluding carboxylic acids is 2. The van der Waals surface area contributed by atoms with Gasteiger partial charge < -0.3 is 19.5 Å². The molecule has 3 aromatic carbocycles. The Bertz CT molecular complexity index is 1400. The Morgan fingerprint density at radius 2 is 1.68 bits per heavy atom. The third-order valence-corrected chi connectivity index (χ3v) is 6.54. The summed E-state index contributed by atoms with van der Waals surface area (Å²) in [4.78, 5) is 27.7. The van der Waals surface area contributed by atoms with Crippen molar-refractivity contribution in [2.45, 2.75) is 26.4 Å². The molecular formula is C29H27Cl2N3O4. The van der Waals surface area contributed by atoms with Crippen molar-refractivity contribution in [3.05, 3.63) is 117 Å². The van der Waals surface area contributed by atoms with Crippen LogP contribution in [0, 0.1) is 6.92 Å². The highest BCUT2D eigenvalue weighted by Gasteiger charge is 2.22. The molecule has 0 radical (unpaired) electrons. The number of aromatic nitrogens is 1. The monoisotopic (exact) mass is 551 g/mol. The van der Waals surface area contributed by atoms with E-state index in [2.05, 4.69) is 10.5 Å². The number of hydrogen-bond donors (Lipinski definition) is 1. The van der Waals surface area contributed by atoms with Gasteiger partial charge in [0.1, 0.15) is 5.75 Å². The normalized spacial score (nSPS) is 10.7. The van der Waals surface area contributed by atoms with Crippen molar-refractivity contribution in [2.75, 3.05) is 13.7 Å². The Morgan fingerprint density at radius 1 is 0.974 bits per heavy atom. The highest BCUT2D eigenvalue weighted by Crippen LogP contribution is 2.24. The number of nitrogens with zero attached hydrogens (tertiary/aromatic N) is 2. The van der Waals surface area contributed by atoms with E-state index in [1.807, 2.05) is 55.5 Å². The number of nitrogens with one attached hydrogen (secondary N) is 1. The molecule has 9 heteroatoms. The number of halogens is 2. The van der Waals surface area contributed by atoms with Gasteiger partial charge in [0.15, 0.2) is 11.5 Å². The lowest BCUT2D eigenvalue weighted by Crippen LogP contribution is -2.32. The fraction of sp³-hybridized carbons (Fsp3) is 0.207. The zero-order chi connectivity index (χ0) is 27.1. The molecule has 4 aromatic rings. The smallest absolute Gasteiger partial charge is 0.273 e. The molecule has 4 rings (SSSR count). The largest absolute Gasteiger partial charge is 0.497 e. The second kappa shape index (κ2) is 12.6. The first-order chi connectivity index (χ1) is 18.3. The standard InChI is InChI=1S/C29H27Cl2N3O4/c1-19-3-5-21(6-4-19)17-32-28(35)27-16-24(38-33-27)18-34(14-13-20-7-10-23(37-2)11-8-20)29(36)25-12-9-22(30)15-26(25)31/h3-12,15-16H,13-14,17-18H2,1-2H3,(H,32,35). The fourth-order valence-corrected chi connectivity index (χ4v) is 4.29. The van der Waals surface area contributed by atoms with Gasteiger partial charge in [0, 0.05) is 24.2 Å². The van der Waals surface area contributed by atoms with Crippen LogP contribution in [0.1, 0.15) is 43.3 Å². The molecule has 0 saturated heterocycles. The maximum absolute atomic E-state index is 13.5. The summed E-state index contributed by atoms with van der Waals surface area (Å²) in [5, 5.41) is 7.44. The summed E-state index contributed by atoms with van der Waals surface area (Å²) < 4.78 is 10.6. The van der Waals surface area contributed by atoms with Gasteiger partial charge in [-0.15, -0.1) is 0 Å². The molecule has 0 atom stereocenters. The zero-order valence-electron chi connectivity index (χ0n) is 21.0. The summed E-state index contributed by atoms with van der Waals surface area (Å²) in [5.74, 6) is 0.475. The molecule has 1 N–H and O–H groups in total. The van der Waals surface area contributed by atoms with E-state index in [4.69, 9.17) is 32.5 Å². The van der Waals surface area contributed by atoms with E-state index >= 15 is 0 Å². The third kappa shape index (κ3) is 7.15. The van der Waals surface area contributed by atoms with E-state index in [1.165, 1.54) is 6.07 Å². The van der Waals surface area contributed by atoms with E-state index in [1.54, 1.807) is 30.2 Å². The van der Waals surface area contributed by atoms with E-state index in [9.17, 15) is 9.59 Å². The summed E-state index contributed by atoms with van der Waals surface area (Å²) in [6.07, 6.45) is 0.582. The maximum Gasteiger partial charge on any atom is 0.273 e. The van der Waals surface area contributed by atoms with Gasteiger partial charge in [0.05, 0.1) is 24.2 Å². The molecule has 0 bridgehead atoms. The van der Waals surface area contributed by atoms with Gasteiger partial charge >= 0.3 is 0 Å². The second-order valence-electron chi connectivity index (χ2n) is 8.80. The van der Waals surface area contributed by atoms with Crippen molar-refractivity contribution in [3.63, 3.8) is 0 Å². The first kappa shape index (κ1) is 27.2. The van der Waals surface area contributed by atoms with Gasteiger partial charge in [-0.05, 0) is 54.8 Å². The van der Waals surface area contributed by atoms with Crippen LogP contribution in [-0.4, -0.2) is 35.5 Å². The van der Waals surface area contributed by atoms with Crippen molar-refractivity contribution in [1.82, 2.24) is 15.4 Å². The summed E-state index contributed by atoms with van der Waals surface area (Å²) in [7, 11) is 1.61. The van der Waals surface area contributed by atoms with E-state index in [0.29, 0.717) is 35.9 Å². The molecule has 0 aliphatic rings. The molecule has 2 amide bonds. The number of methoxy groups -OCH3 is 1. The fourth-order valence-electron chi connectivity index (χ4n) is 3.80. The SMILES string of the molecule is COc1ccc(CCN(Cc2cc(C(=O)NCc3ccc(C)cc3)no2)C(=O)c2ccc(Cl)cc2Cl)cc1. The van der Waals surface area contributed by atoms with E-state index < -0.39 is 0 Å². The highest BCUT2D eigenvalue weighted by atomic mass is 35.5. The van der Waals surface area contributed by atoms with Crippen LogP contribution in [0.5, 0.6) is 5.75 Å². The van der Waals surface area contributed by atoms with Crippen LogP contribution < -0.4 is 10.1 Å². The average Bonchev–Trinajstić information content (AvgIpc) is 3.39. The van der Waals surface area contributed by atoms with Crippen LogP contribution in [0.3, 0.4) is 0 Å². The predicted octanol–water partition coefficient (Wildman–Crippen LogP) is 6.11. The van der Waals surface area contributed by atoms with E-state index in [0.717, 1.165) is 22.4 Å². The highest BCUT2D eigenvalue weighted by molar-refractivity contribution is 6.36. The summed E-state index contributed by atoms with van der Waals surface area (Å²) >= 11 is 12.3. The van der Waals surface area contributed by atoms with Crippen molar-refractivity contribution < 1.29 is 18.8 Å². The zero-order valence-corrected chi connectivity index (χ0v) is 22.6. The number of hydrogen-bond acceptors (Lipinski definition) is 5. The average molecular weight is 552 g/mol. The first-order valence-electron chi connectivity index (χ1n) is 12.0. The molecule has 7 nitrogen and oxygen atoms in total. The molecule has 0 unspecified atom stereocenters. The van der Waals surface area contributed by atoms with Crippen LogP contribution in [0.2, 0.25) is 10.0 Å². The van der Waals surface area contributed by atoms with Crippen molar-refractivity contribution in [2.24, 2.45) is 0 Å². The van der Waals surface area contributed by atoms with Crippen LogP contribution >= 0.6 is 23.2 Å². The molecular weight excluding hydrogens is 525 g/mol. The molecule has 0 spiro atoms. The molecule has 1 aromatic heterocycles. The van der Waals surface area contributed by atoms with Gasteiger partial charge in [-0.1, -0.05) is 70.3 Å². The van der Waals surface area contributed by atoms with Gasteiger partial charge in [-0.25, -0.2) is 0 Å². The minimum absolute atomic E-state index is 0.103. The summed E-state index contributed by atoms with van der Waals surface area (Å²) in [5.41, 5.74) is 3.61. The minimum atomic E-state index is -0.363. The molecule has 0 saturated carbocycles. The lowest BCUT2D eigenvalue weighted by molar-refractivity contribution is 0.0729. The van der Waals surface area contributed by atoms with Crippen LogP contribution in [0.25, 0.3) is 0 Å².